The van der Waals surface area contributed by atoms with Crippen LogP contribution in [0.2, 0.25) is 0 Å². The van der Waals surface area contributed by atoms with Gasteiger partial charge in [-0.1, -0.05) is 64.0 Å². The van der Waals surface area contributed by atoms with Crippen LogP contribution in [0.4, 0.5) is 5.69 Å². The number of hydrogen-bond donors (Lipinski definition) is 1. The zero-order chi connectivity index (χ0) is 18.4. The van der Waals surface area contributed by atoms with E-state index in [2.05, 4.69) is 52.4 Å². The molecule has 0 amide bonds. The Kier molecular flexibility index (Phi) is 6.18. The van der Waals surface area contributed by atoms with Gasteiger partial charge >= 0.3 is 0 Å². The number of halogens is 1. The first kappa shape index (κ1) is 18.3. The number of nitrogens with one attached hydrogen (secondary N) is 1. The van der Waals surface area contributed by atoms with Gasteiger partial charge in [-0.25, -0.2) is 0 Å². The van der Waals surface area contributed by atoms with E-state index in [0.717, 1.165) is 32.8 Å². The summed E-state index contributed by atoms with van der Waals surface area (Å²) in [6.45, 7) is 3.20. The second kappa shape index (κ2) is 8.77. The largest absolute Gasteiger partial charge is 0.493 e. The topological polar surface area (TPSA) is 30.5 Å². The molecule has 0 bridgehead atoms. The molecule has 0 atom stereocenters. The highest BCUT2D eigenvalue weighted by Crippen LogP contribution is 2.37. The number of ether oxygens (including phenoxy) is 2. The SMILES string of the molecule is COc1ccc(Br)c(CNc2ccccc2)c1OCc1ccc(C)cc1. The summed E-state index contributed by atoms with van der Waals surface area (Å²) in [5, 5.41) is 3.43. The molecule has 3 rings (SSSR count). The van der Waals surface area contributed by atoms with Crippen LogP contribution in [0.15, 0.2) is 71.2 Å². The highest BCUT2D eigenvalue weighted by Gasteiger charge is 2.15. The standard InChI is InChI=1S/C22H22BrNO2/c1-16-8-10-17(11-9-16)15-26-22-19(20(23)12-13-21(22)25-2)14-24-18-6-4-3-5-7-18/h3-13,24H,14-15H2,1-2H3. The van der Waals surface area contributed by atoms with E-state index in [-0.39, 0.29) is 0 Å². The smallest absolute Gasteiger partial charge is 0.167 e. The summed E-state index contributed by atoms with van der Waals surface area (Å²) >= 11 is 3.64. The first-order valence-electron chi connectivity index (χ1n) is 8.50. The lowest BCUT2D eigenvalue weighted by Gasteiger charge is -2.17. The molecule has 0 unspecified atom stereocenters. The van der Waals surface area contributed by atoms with Gasteiger partial charge in [0.05, 0.1) is 7.11 Å². The highest BCUT2D eigenvalue weighted by atomic mass is 79.9. The molecule has 0 aromatic heterocycles. The minimum absolute atomic E-state index is 0.491. The molecule has 3 aromatic carbocycles. The first-order valence-corrected chi connectivity index (χ1v) is 9.29. The quantitative estimate of drug-likeness (QED) is 0.520. The van der Waals surface area contributed by atoms with Crippen molar-refractivity contribution in [1.29, 1.82) is 0 Å². The number of anilines is 1. The number of methoxy groups -OCH3 is 1. The lowest BCUT2D eigenvalue weighted by molar-refractivity contribution is 0.281. The van der Waals surface area contributed by atoms with Gasteiger partial charge in [0.25, 0.3) is 0 Å². The number of rotatable bonds is 7. The van der Waals surface area contributed by atoms with Crippen molar-refractivity contribution in [2.75, 3.05) is 12.4 Å². The van der Waals surface area contributed by atoms with Crippen molar-refractivity contribution in [2.24, 2.45) is 0 Å². The molecule has 0 spiro atoms. The van der Waals surface area contributed by atoms with Gasteiger partial charge in [0.2, 0.25) is 0 Å². The lowest BCUT2D eigenvalue weighted by Crippen LogP contribution is -2.06. The van der Waals surface area contributed by atoms with Crippen LogP contribution in [-0.2, 0) is 13.2 Å². The minimum atomic E-state index is 0.491. The van der Waals surface area contributed by atoms with Crippen LogP contribution in [0.25, 0.3) is 0 Å². The summed E-state index contributed by atoms with van der Waals surface area (Å²) in [6.07, 6.45) is 0. The summed E-state index contributed by atoms with van der Waals surface area (Å²) in [5.74, 6) is 1.48. The molecule has 3 nitrogen and oxygen atoms in total. The maximum absolute atomic E-state index is 6.16. The summed E-state index contributed by atoms with van der Waals surface area (Å²) in [6, 6.07) is 22.4. The molecule has 0 aliphatic carbocycles. The number of hydrogen-bond acceptors (Lipinski definition) is 3. The van der Waals surface area contributed by atoms with Crippen LogP contribution in [0, 0.1) is 6.92 Å². The molecule has 0 heterocycles. The molecule has 3 aromatic rings. The van der Waals surface area contributed by atoms with E-state index in [1.165, 1.54) is 5.56 Å². The summed E-state index contributed by atoms with van der Waals surface area (Å²) < 4.78 is 12.7. The van der Waals surface area contributed by atoms with E-state index >= 15 is 0 Å². The molecular weight excluding hydrogens is 390 g/mol. The van der Waals surface area contributed by atoms with Crippen LogP contribution in [-0.4, -0.2) is 7.11 Å². The molecule has 26 heavy (non-hydrogen) atoms. The second-order valence-electron chi connectivity index (χ2n) is 6.05. The fourth-order valence-electron chi connectivity index (χ4n) is 2.65. The van der Waals surface area contributed by atoms with Gasteiger partial charge in [0.1, 0.15) is 6.61 Å². The van der Waals surface area contributed by atoms with E-state index in [4.69, 9.17) is 9.47 Å². The van der Waals surface area contributed by atoms with Gasteiger partial charge in [-0.2, -0.15) is 0 Å². The lowest BCUT2D eigenvalue weighted by atomic mass is 10.1. The van der Waals surface area contributed by atoms with E-state index in [0.29, 0.717) is 13.2 Å². The first-order chi connectivity index (χ1) is 12.7. The van der Waals surface area contributed by atoms with E-state index < -0.39 is 0 Å². The van der Waals surface area contributed by atoms with E-state index in [1.807, 2.05) is 42.5 Å². The summed E-state index contributed by atoms with van der Waals surface area (Å²) in [7, 11) is 1.66. The molecule has 0 saturated heterocycles. The Hall–Kier alpha value is -2.46. The maximum atomic E-state index is 6.16. The van der Waals surface area contributed by atoms with Gasteiger partial charge < -0.3 is 14.8 Å². The average Bonchev–Trinajstić information content (AvgIpc) is 2.67. The van der Waals surface area contributed by atoms with Crippen LogP contribution >= 0.6 is 15.9 Å². The van der Waals surface area contributed by atoms with Gasteiger partial charge in [0.15, 0.2) is 11.5 Å². The van der Waals surface area contributed by atoms with Crippen molar-refractivity contribution in [2.45, 2.75) is 20.1 Å². The Morgan fingerprint density at radius 2 is 1.65 bits per heavy atom. The third-order valence-electron chi connectivity index (χ3n) is 4.13. The minimum Gasteiger partial charge on any atom is -0.493 e. The van der Waals surface area contributed by atoms with Crippen molar-refractivity contribution in [1.82, 2.24) is 0 Å². The van der Waals surface area contributed by atoms with Crippen molar-refractivity contribution >= 4 is 21.6 Å². The Morgan fingerprint density at radius 3 is 2.35 bits per heavy atom. The maximum Gasteiger partial charge on any atom is 0.167 e. The fraction of sp³-hybridized carbons (Fsp3) is 0.182. The Morgan fingerprint density at radius 1 is 0.923 bits per heavy atom. The summed E-state index contributed by atoms with van der Waals surface area (Å²) in [4.78, 5) is 0. The van der Waals surface area contributed by atoms with E-state index in [9.17, 15) is 0 Å². The van der Waals surface area contributed by atoms with Crippen LogP contribution in [0.1, 0.15) is 16.7 Å². The molecule has 0 fully saturated rings. The van der Waals surface area contributed by atoms with Crippen molar-refractivity contribution in [3.05, 3.63) is 87.9 Å². The predicted octanol–water partition coefficient (Wildman–Crippen LogP) is 5.96. The van der Waals surface area contributed by atoms with Crippen molar-refractivity contribution in [3.63, 3.8) is 0 Å². The molecule has 1 N–H and O–H groups in total. The van der Waals surface area contributed by atoms with Gasteiger partial charge in [-0.15, -0.1) is 0 Å². The van der Waals surface area contributed by atoms with Gasteiger partial charge in [-0.05, 0) is 36.8 Å². The molecular formula is C22H22BrNO2. The normalized spacial score (nSPS) is 10.4. The Bertz CT molecular complexity index is 848. The zero-order valence-corrected chi connectivity index (χ0v) is 16.5. The predicted molar refractivity (Wildman–Crippen MR) is 110 cm³/mol. The third kappa shape index (κ3) is 4.58. The van der Waals surface area contributed by atoms with Crippen molar-refractivity contribution in [3.8, 4) is 11.5 Å². The van der Waals surface area contributed by atoms with E-state index in [1.54, 1.807) is 7.11 Å². The van der Waals surface area contributed by atoms with Crippen molar-refractivity contribution < 1.29 is 9.47 Å². The molecule has 4 heteroatoms. The average molecular weight is 412 g/mol. The summed E-state index contributed by atoms with van der Waals surface area (Å²) in [5.41, 5.74) is 4.45. The molecule has 0 aliphatic heterocycles. The monoisotopic (exact) mass is 411 g/mol. The third-order valence-corrected chi connectivity index (χ3v) is 4.88. The Labute approximate surface area is 163 Å². The number of aryl methyl sites for hydroxylation is 1. The molecule has 0 aliphatic rings. The van der Waals surface area contributed by atoms with Gasteiger partial charge in [0, 0.05) is 22.3 Å². The molecule has 0 saturated carbocycles. The molecule has 134 valence electrons. The van der Waals surface area contributed by atoms with Crippen LogP contribution in [0.5, 0.6) is 11.5 Å². The van der Waals surface area contributed by atoms with Crippen LogP contribution < -0.4 is 14.8 Å². The van der Waals surface area contributed by atoms with Crippen LogP contribution in [0.3, 0.4) is 0 Å². The Balaban J connectivity index is 1.81. The zero-order valence-electron chi connectivity index (χ0n) is 15.0. The number of para-hydroxylation sites is 1. The van der Waals surface area contributed by atoms with Gasteiger partial charge in [-0.3, -0.25) is 0 Å². The second-order valence-corrected chi connectivity index (χ2v) is 6.91. The number of benzene rings is 3. The highest BCUT2D eigenvalue weighted by molar-refractivity contribution is 9.10. The fourth-order valence-corrected chi connectivity index (χ4v) is 3.10. The molecule has 0 radical (unpaired) electrons.